The molecule has 3 nitrogen and oxygen atoms in total. The van der Waals surface area contributed by atoms with Crippen LogP contribution in [-0.2, 0) is 0 Å². The molecule has 1 heterocycles. The van der Waals surface area contributed by atoms with E-state index >= 15 is 0 Å². The van der Waals surface area contributed by atoms with Crippen LogP contribution < -0.4 is 4.74 Å². The van der Waals surface area contributed by atoms with Crippen LogP contribution in [-0.4, -0.2) is 16.2 Å². The first kappa shape index (κ1) is 13.2. The van der Waals surface area contributed by atoms with Gasteiger partial charge in [-0.2, -0.15) is 4.98 Å². The van der Waals surface area contributed by atoms with Crippen molar-refractivity contribution in [3.05, 3.63) is 40.5 Å². The second-order valence-electron chi connectivity index (χ2n) is 3.89. The summed E-state index contributed by atoms with van der Waals surface area (Å²) in [5.41, 5.74) is 2.26. The quantitative estimate of drug-likeness (QED) is 0.478. The van der Waals surface area contributed by atoms with E-state index in [4.69, 9.17) is 16.3 Å². The highest BCUT2D eigenvalue weighted by molar-refractivity contribution is 7.98. The third-order valence-corrected chi connectivity index (χ3v) is 3.12. The van der Waals surface area contributed by atoms with Crippen LogP contribution in [0.25, 0.3) is 0 Å². The Morgan fingerprint density at radius 3 is 2.61 bits per heavy atom. The predicted molar refractivity (Wildman–Crippen MR) is 74.8 cm³/mol. The Hall–Kier alpha value is -1.26. The van der Waals surface area contributed by atoms with Crippen molar-refractivity contribution in [3.63, 3.8) is 0 Å². The fourth-order valence-electron chi connectivity index (χ4n) is 1.55. The molecule has 0 saturated heterocycles. The highest BCUT2D eigenvalue weighted by Crippen LogP contribution is 2.27. The number of hydrogen-bond acceptors (Lipinski definition) is 4. The summed E-state index contributed by atoms with van der Waals surface area (Å²) >= 11 is 7.34. The van der Waals surface area contributed by atoms with Crippen LogP contribution in [0.5, 0.6) is 11.6 Å². The molecule has 1 aromatic heterocycles. The molecule has 0 aliphatic carbocycles. The SMILES string of the molecule is CSc1nc(Cl)cc(Oc2ccc(C)cc2C)n1. The Balaban J connectivity index is 2.30. The molecule has 0 bridgehead atoms. The minimum absolute atomic E-state index is 0.383. The molecule has 18 heavy (non-hydrogen) atoms. The first-order valence-corrected chi connectivity index (χ1v) is 7.02. The summed E-state index contributed by atoms with van der Waals surface area (Å²) in [6, 6.07) is 7.61. The van der Waals surface area contributed by atoms with E-state index in [2.05, 4.69) is 16.0 Å². The van der Waals surface area contributed by atoms with Gasteiger partial charge in [-0.3, -0.25) is 0 Å². The zero-order chi connectivity index (χ0) is 13.1. The lowest BCUT2D eigenvalue weighted by molar-refractivity contribution is 0.452. The van der Waals surface area contributed by atoms with Crippen LogP contribution >= 0.6 is 23.4 Å². The van der Waals surface area contributed by atoms with Gasteiger partial charge in [0.15, 0.2) is 5.16 Å². The van der Waals surface area contributed by atoms with Gasteiger partial charge in [0.2, 0.25) is 5.88 Å². The Labute approximate surface area is 116 Å². The number of hydrogen-bond donors (Lipinski definition) is 0. The molecule has 0 amide bonds. The van der Waals surface area contributed by atoms with Crippen LogP contribution in [0.1, 0.15) is 11.1 Å². The highest BCUT2D eigenvalue weighted by Gasteiger charge is 2.06. The first-order valence-electron chi connectivity index (χ1n) is 5.42. The molecule has 0 radical (unpaired) electrons. The monoisotopic (exact) mass is 280 g/mol. The van der Waals surface area contributed by atoms with Crippen molar-refractivity contribution in [2.24, 2.45) is 0 Å². The van der Waals surface area contributed by atoms with E-state index in [1.54, 1.807) is 6.07 Å². The zero-order valence-corrected chi connectivity index (χ0v) is 12.0. The summed E-state index contributed by atoms with van der Waals surface area (Å²) in [7, 11) is 0. The van der Waals surface area contributed by atoms with E-state index in [1.165, 1.54) is 17.3 Å². The number of aryl methyl sites for hydroxylation is 2. The van der Waals surface area contributed by atoms with Gasteiger partial charge in [0.25, 0.3) is 0 Å². The molecular formula is C13H13ClN2OS. The maximum atomic E-state index is 5.92. The smallest absolute Gasteiger partial charge is 0.224 e. The second kappa shape index (κ2) is 5.59. The molecule has 1 aromatic carbocycles. The lowest BCUT2D eigenvalue weighted by Gasteiger charge is -2.09. The van der Waals surface area contributed by atoms with Gasteiger partial charge in [0.1, 0.15) is 10.9 Å². The number of halogens is 1. The van der Waals surface area contributed by atoms with Crippen LogP contribution in [0, 0.1) is 13.8 Å². The normalized spacial score (nSPS) is 10.4. The summed E-state index contributed by atoms with van der Waals surface area (Å²) < 4.78 is 5.74. The van der Waals surface area contributed by atoms with Crippen LogP contribution in [0.2, 0.25) is 5.15 Å². The van der Waals surface area contributed by atoms with Crippen LogP contribution in [0.3, 0.4) is 0 Å². The van der Waals surface area contributed by atoms with Gasteiger partial charge in [0, 0.05) is 6.07 Å². The molecule has 0 unspecified atom stereocenters. The number of nitrogens with zero attached hydrogens (tertiary/aromatic N) is 2. The van der Waals surface area contributed by atoms with Crippen LogP contribution in [0.4, 0.5) is 0 Å². The number of thioether (sulfide) groups is 1. The maximum absolute atomic E-state index is 5.92. The van der Waals surface area contributed by atoms with E-state index < -0.39 is 0 Å². The summed E-state index contributed by atoms with van der Waals surface area (Å²) in [5, 5.41) is 0.983. The molecule has 2 rings (SSSR count). The van der Waals surface area contributed by atoms with Gasteiger partial charge in [-0.25, -0.2) is 4.98 Å². The minimum Gasteiger partial charge on any atom is -0.439 e. The van der Waals surface area contributed by atoms with Gasteiger partial charge in [-0.15, -0.1) is 0 Å². The van der Waals surface area contributed by atoms with Crippen molar-refractivity contribution >= 4 is 23.4 Å². The topological polar surface area (TPSA) is 35.0 Å². The molecule has 0 atom stereocenters. The fraction of sp³-hybridized carbons (Fsp3) is 0.231. The van der Waals surface area contributed by atoms with Gasteiger partial charge in [-0.1, -0.05) is 41.1 Å². The van der Waals surface area contributed by atoms with Gasteiger partial charge in [-0.05, 0) is 31.7 Å². The van der Waals surface area contributed by atoms with E-state index in [-0.39, 0.29) is 0 Å². The summed E-state index contributed by atoms with van der Waals surface area (Å²) in [6.07, 6.45) is 1.90. The largest absolute Gasteiger partial charge is 0.439 e. The Morgan fingerprint density at radius 2 is 1.94 bits per heavy atom. The van der Waals surface area contributed by atoms with E-state index in [1.807, 2.05) is 32.2 Å². The molecule has 2 aromatic rings. The first-order chi connectivity index (χ1) is 8.58. The number of aromatic nitrogens is 2. The van der Waals surface area contributed by atoms with E-state index in [0.717, 1.165) is 11.3 Å². The van der Waals surface area contributed by atoms with Gasteiger partial charge < -0.3 is 4.74 Å². The summed E-state index contributed by atoms with van der Waals surface area (Å²) in [4.78, 5) is 8.32. The molecule has 0 saturated carbocycles. The van der Waals surface area contributed by atoms with E-state index in [9.17, 15) is 0 Å². The Morgan fingerprint density at radius 1 is 1.17 bits per heavy atom. The van der Waals surface area contributed by atoms with Crippen molar-refractivity contribution in [3.8, 4) is 11.6 Å². The minimum atomic E-state index is 0.383. The predicted octanol–water partition coefficient (Wildman–Crippen LogP) is 4.26. The Bertz CT molecular complexity index is 575. The zero-order valence-electron chi connectivity index (χ0n) is 10.4. The van der Waals surface area contributed by atoms with Crippen molar-refractivity contribution < 1.29 is 4.74 Å². The van der Waals surface area contributed by atoms with Crippen molar-refractivity contribution in [2.45, 2.75) is 19.0 Å². The third-order valence-electron chi connectivity index (χ3n) is 2.38. The third kappa shape index (κ3) is 3.15. The molecular weight excluding hydrogens is 268 g/mol. The number of benzene rings is 1. The molecule has 0 spiro atoms. The number of ether oxygens (including phenoxy) is 1. The fourth-order valence-corrected chi connectivity index (χ4v) is 2.14. The Kier molecular flexibility index (Phi) is 4.09. The average molecular weight is 281 g/mol. The summed E-state index contributed by atoms with van der Waals surface area (Å²) in [5.74, 6) is 1.24. The molecule has 0 aliphatic heterocycles. The second-order valence-corrected chi connectivity index (χ2v) is 5.05. The van der Waals surface area contributed by atoms with Gasteiger partial charge in [0.05, 0.1) is 0 Å². The molecule has 5 heteroatoms. The van der Waals surface area contributed by atoms with E-state index in [0.29, 0.717) is 16.2 Å². The molecule has 0 N–H and O–H groups in total. The standard InChI is InChI=1S/C13H13ClN2OS/c1-8-4-5-10(9(2)6-8)17-12-7-11(14)15-13(16-12)18-3/h4-7H,1-3H3. The lowest BCUT2D eigenvalue weighted by Crippen LogP contribution is -1.94. The van der Waals surface area contributed by atoms with Gasteiger partial charge >= 0.3 is 0 Å². The number of rotatable bonds is 3. The lowest BCUT2D eigenvalue weighted by atomic mass is 10.1. The average Bonchev–Trinajstić information content (AvgIpc) is 2.32. The summed E-state index contributed by atoms with van der Waals surface area (Å²) in [6.45, 7) is 4.05. The maximum Gasteiger partial charge on any atom is 0.224 e. The van der Waals surface area contributed by atoms with Crippen molar-refractivity contribution in [1.29, 1.82) is 0 Å². The highest BCUT2D eigenvalue weighted by atomic mass is 35.5. The van der Waals surface area contributed by atoms with Crippen LogP contribution in [0.15, 0.2) is 29.4 Å². The van der Waals surface area contributed by atoms with Crippen molar-refractivity contribution in [2.75, 3.05) is 6.26 Å². The molecule has 0 aliphatic rings. The van der Waals surface area contributed by atoms with Crippen molar-refractivity contribution in [1.82, 2.24) is 9.97 Å². The molecule has 94 valence electrons. The molecule has 0 fully saturated rings.